The molecule has 0 spiro atoms. The number of pyridine rings is 1. The van der Waals surface area contributed by atoms with Crippen LogP contribution < -0.4 is 10.1 Å². The van der Waals surface area contributed by atoms with E-state index in [1.54, 1.807) is 0 Å². The monoisotopic (exact) mass is 307 g/mol. The third kappa shape index (κ3) is 4.61. The summed E-state index contributed by atoms with van der Waals surface area (Å²) in [7, 11) is 0. The molecule has 0 bridgehead atoms. The van der Waals surface area contributed by atoms with Crippen molar-refractivity contribution in [2.24, 2.45) is 0 Å². The van der Waals surface area contributed by atoms with E-state index in [1.165, 1.54) is 12.3 Å². The molecule has 0 fully saturated rings. The number of nitrogens with zero attached hydrogens (tertiary/aromatic N) is 2. The molecule has 0 saturated carbocycles. The minimum Gasteiger partial charge on any atom is -0.494 e. The summed E-state index contributed by atoms with van der Waals surface area (Å²) in [6, 6.07) is 10.7. The fourth-order valence-corrected chi connectivity index (χ4v) is 1.84. The van der Waals surface area contributed by atoms with Gasteiger partial charge in [-0.05, 0) is 18.6 Å². The van der Waals surface area contributed by atoms with E-state index in [-0.39, 0.29) is 16.5 Å². The fourth-order valence-electron chi connectivity index (χ4n) is 1.69. The zero-order valence-electron chi connectivity index (χ0n) is 11.2. The molecule has 0 aliphatic heterocycles. The molecule has 0 atom stereocenters. The van der Waals surface area contributed by atoms with Crippen molar-refractivity contribution in [2.45, 2.75) is 6.42 Å². The van der Waals surface area contributed by atoms with E-state index < -0.39 is 4.92 Å². The molecule has 0 unspecified atom stereocenters. The van der Waals surface area contributed by atoms with Crippen LogP contribution in [0.3, 0.4) is 0 Å². The van der Waals surface area contributed by atoms with Crippen molar-refractivity contribution in [1.29, 1.82) is 0 Å². The summed E-state index contributed by atoms with van der Waals surface area (Å²) in [5.41, 5.74) is -0.133. The highest BCUT2D eigenvalue weighted by Gasteiger charge is 2.15. The predicted molar refractivity (Wildman–Crippen MR) is 80.9 cm³/mol. The molecule has 1 aromatic heterocycles. The Bertz CT molecular complexity index is 608. The Hall–Kier alpha value is -2.34. The number of ether oxygens (including phenoxy) is 1. The quantitative estimate of drug-likeness (QED) is 0.481. The van der Waals surface area contributed by atoms with Crippen LogP contribution in [-0.2, 0) is 0 Å². The Kier molecular flexibility index (Phi) is 5.34. The molecule has 0 aliphatic rings. The van der Waals surface area contributed by atoms with Gasteiger partial charge < -0.3 is 10.1 Å². The number of halogens is 1. The number of nitrogens with one attached hydrogen (secondary N) is 1. The molecule has 21 heavy (non-hydrogen) atoms. The van der Waals surface area contributed by atoms with Crippen molar-refractivity contribution < 1.29 is 9.66 Å². The number of benzene rings is 1. The first kappa shape index (κ1) is 15.1. The van der Waals surface area contributed by atoms with Crippen LogP contribution in [0.1, 0.15) is 6.42 Å². The number of rotatable bonds is 7. The second kappa shape index (κ2) is 7.44. The van der Waals surface area contributed by atoms with E-state index in [0.717, 1.165) is 5.75 Å². The van der Waals surface area contributed by atoms with Crippen LogP contribution in [0.4, 0.5) is 11.5 Å². The van der Waals surface area contributed by atoms with Crippen LogP contribution in [0.15, 0.2) is 42.6 Å². The van der Waals surface area contributed by atoms with Gasteiger partial charge in [0.2, 0.25) is 5.82 Å². The molecule has 6 nitrogen and oxygen atoms in total. The maximum Gasteiger partial charge on any atom is 0.312 e. The van der Waals surface area contributed by atoms with Crippen LogP contribution in [0.2, 0.25) is 5.02 Å². The highest BCUT2D eigenvalue weighted by atomic mass is 35.5. The van der Waals surface area contributed by atoms with Crippen LogP contribution >= 0.6 is 11.6 Å². The lowest BCUT2D eigenvalue weighted by Crippen LogP contribution is -2.09. The van der Waals surface area contributed by atoms with E-state index in [2.05, 4.69) is 10.3 Å². The molecule has 110 valence electrons. The number of para-hydroxylation sites is 1. The smallest absolute Gasteiger partial charge is 0.312 e. The Morgan fingerprint density at radius 3 is 2.81 bits per heavy atom. The van der Waals surface area contributed by atoms with Gasteiger partial charge in [0.25, 0.3) is 0 Å². The Labute approximate surface area is 126 Å². The molecule has 1 aromatic carbocycles. The van der Waals surface area contributed by atoms with Gasteiger partial charge in [0, 0.05) is 18.8 Å². The van der Waals surface area contributed by atoms with Crippen LogP contribution in [-0.4, -0.2) is 23.1 Å². The molecule has 0 saturated heterocycles. The molecule has 1 N–H and O–H groups in total. The molecule has 2 aromatic rings. The minimum absolute atomic E-state index is 0.133. The Balaban J connectivity index is 1.80. The second-order valence-electron chi connectivity index (χ2n) is 4.22. The number of aromatic nitrogens is 1. The Morgan fingerprint density at radius 1 is 1.33 bits per heavy atom. The van der Waals surface area contributed by atoms with Gasteiger partial charge >= 0.3 is 5.69 Å². The molecule has 2 rings (SSSR count). The van der Waals surface area contributed by atoms with E-state index >= 15 is 0 Å². The lowest BCUT2D eigenvalue weighted by atomic mass is 10.3. The number of anilines is 1. The first-order valence-corrected chi connectivity index (χ1v) is 6.76. The van der Waals surface area contributed by atoms with Gasteiger partial charge in [-0.3, -0.25) is 10.1 Å². The van der Waals surface area contributed by atoms with Crippen molar-refractivity contribution in [2.75, 3.05) is 18.5 Å². The van der Waals surface area contributed by atoms with Crippen LogP contribution in [0, 0.1) is 10.1 Å². The summed E-state index contributed by atoms with van der Waals surface area (Å²) >= 11 is 5.70. The largest absolute Gasteiger partial charge is 0.494 e. The van der Waals surface area contributed by atoms with Crippen LogP contribution in [0.5, 0.6) is 5.75 Å². The third-order valence-electron chi connectivity index (χ3n) is 2.66. The van der Waals surface area contributed by atoms with E-state index in [1.807, 2.05) is 30.3 Å². The lowest BCUT2D eigenvalue weighted by Gasteiger charge is -2.08. The van der Waals surface area contributed by atoms with Gasteiger partial charge in [0.1, 0.15) is 5.75 Å². The highest BCUT2D eigenvalue weighted by molar-refractivity contribution is 6.30. The van der Waals surface area contributed by atoms with Gasteiger partial charge in [0.05, 0.1) is 16.6 Å². The lowest BCUT2D eigenvalue weighted by molar-refractivity contribution is -0.384. The third-order valence-corrected chi connectivity index (χ3v) is 2.86. The fraction of sp³-hybridized carbons (Fsp3) is 0.214. The summed E-state index contributed by atoms with van der Waals surface area (Å²) in [5.74, 6) is 1.01. The van der Waals surface area contributed by atoms with Gasteiger partial charge in [-0.2, -0.15) is 0 Å². The average Bonchev–Trinajstić information content (AvgIpc) is 2.49. The maximum atomic E-state index is 10.9. The highest BCUT2D eigenvalue weighted by Crippen LogP contribution is 2.24. The van der Waals surface area contributed by atoms with Crippen LogP contribution in [0.25, 0.3) is 0 Å². The van der Waals surface area contributed by atoms with E-state index in [9.17, 15) is 10.1 Å². The van der Waals surface area contributed by atoms with Gasteiger partial charge in [-0.15, -0.1) is 0 Å². The predicted octanol–water partition coefficient (Wildman–Crippen LogP) is 3.52. The number of nitro groups is 1. The average molecular weight is 308 g/mol. The van der Waals surface area contributed by atoms with Gasteiger partial charge in [0.15, 0.2) is 0 Å². The first-order chi connectivity index (χ1) is 10.2. The minimum atomic E-state index is -0.512. The number of hydrogen-bond acceptors (Lipinski definition) is 5. The number of hydrogen-bond donors (Lipinski definition) is 1. The summed E-state index contributed by atoms with van der Waals surface area (Å²) in [5, 5.41) is 14.0. The molecular weight excluding hydrogens is 294 g/mol. The van der Waals surface area contributed by atoms with E-state index in [0.29, 0.717) is 19.6 Å². The molecule has 7 heteroatoms. The molecule has 0 amide bonds. The van der Waals surface area contributed by atoms with Gasteiger partial charge in [-0.1, -0.05) is 29.8 Å². The van der Waals surface area contributed by atoms with Crippen molar-refractivity contribution in [1.82, 2.24) is 4.98 Å². The zero-order chi connectivity index (χ0) is 15.1. The SMILES string of the molecule is O=[N+]([O-])c1cc(Cl)cnc1NCCCOc1ccccc1. The maximum absolute atomic E-state index is 10.9. The van der Waals surface area contributed by atoms with Crippen molar-refractivity contribution in [3.05, 3.63) is 57.7 Å². The summed E-state index contributed by atoms with van der Waals surface area (Å²) in [6.45, 7) is 1.03. The van der Waals surface area contributed by atoms with Gasteiger partial charge in [-0.25, -0.2) is 4.98 Å². The molecule has 0 radical (unpaired) electrons. The second-order valence-corrected chi connectivity index (χ2v) is 4.66. The van der Waals surface area contributed by atoms with Crippen molar-refractivity contribution >= 4 is 23.1 Å². The first-order valence-electron chi connectivity index (χ1n) is 6.38. The van der Waals surface area contributed by atoms with Crippen molar-refractivity contribution in [3.8, 4) is 5.75 Å². The normalized spacial score (nSPS) is 10.1. The Morgan fingerprint density at radius 2 is 2.10 bits per heavy atom. The topological polar surface area (TPSA) is 77.3 Å². The zero-order valence-corrected chi connectivity index (χ0v) is 11.9. The summed E-state index contributed by atoms with van der Waals surface area (Å²) in [4.78, 5) is 14.3. The van der Waals surface area contributed by atoms with E-state index in [4.69, 9.17) is 16.3 Å². The molecule has 1 heterocycles. The molecule has 0 aliphatic carbocycles. The standard InChI is InChI=1S/C14H14ClN3O3/c15-11-9-13(18(19)20)14(17-10-11)16-7-4-8-21-12-5-2-1-3-6-12/h1-3,5-6,9-10H,4,7-8H2,(H,16,17). The van der Waals surface area contributed by atoms with Crippen molar-refractivity contribution in [3.63, 3.8) is 0 Å². The molecular formula is C14H14ClN3O3. The summed E-state index contributed by atoms with van der Waals surface area (Å²) < 4.78 is 5.53. The summed E-state index contributed by atoms with van der Waals surface area (Å²) in [6.07, 6.45) is 2.06.